The van der Waals surface area contributed by atoms with Crippen LogP contribution >= 0.6 is 7.36 Å². The van der Waals surface area contributed by atoms with Crippen molar-refractivity contribution in [3.05, 3.63) is 60.7 Å². The fourth-order valence-corrected chi connectivity index (χ4v) is 4.13. The number of anilines is 2. The molecule has 0 heterocycles. The van der Waals surface area contributed by atoms with Crippen LogP contribution in [0.15, 0.2) is 60.7 Å². The van der Waals surface area contributed by atoms with E-state index < -0.39 is 30.1 Å². The SMILES string of the molecule is NN(c1ccccc1)C(P=S)(N(CC(=O)O)C(=O)C(F)(F)F)N(N)c1ccccc1. The number of alkyl halides is 3. The monoisotopic (exact) mass is 459 g/mol. The van der Waals surface area contributed by atoms with Gasteiger partial charge in [0.1, 0.15) is 6.54 Å². The molecule has 8 nitrogen and oxygen atoms in total. The number of carboxylic acid groups (broad SMARTS) is 1. The molecule has 0 saturated carbocycles. The molecule has 0 saturated heterocycles. The summed E-state index contributed by atoms with van der Waals surface area (Å²) in [5.74, 6) is 8.16. The van der Waals surface area contributed by atoms with E-state index in [-0.39, 0.29) is 23.6 Å². The molecule has 30 heavy (non-hydrogen) atoms. The summed E-state index contributed by atoms with van der Waals surface area (Å²) in [5.41, 5.74) is -2.12. The number of hydrazine groups is 2. The lowest BCUT2D eigenvalue weighted by atomic mass is 10.2. The summed E-state index contributed by atoms with van der Waals surface area (Å²) in [6.45, 7) is -1.36. The number of carbonyl (C=O) groups excluding carboxylic acids is 1. The number of amides is 1. The zero-order chi connectivity index (χ0) is 22.5. The van der Waals surface area contributed by atoms with Crippen molar-refractivity contribution in [2.24, 2.45) is 11.7 Å². The molecule has 0 radical (unpaired) electrons. The Hall–Kier alpha value is -2.79. The highest BCUT2D eigenvalue weighted by Gasteiger charge is 2.56. The maximum Gasteiger partial charge on any atom is 0.471 e. The van der Waals surface area contributed by atoms with E-state index in [1.807, 2.05) is 0 Å². The average Bonchev–Trinajstić information content (AvgIpc) is 2.73. The first kappa shape index (κ1) is 23.5. The van der Waals surface area contributed by atoms with Crippen LogP contribution in [0.3, 0.4) is 0 Å². The van der Waals surface area contributed by atoms with Crippen molar-refractivity contribution >= 4 is 42.4 Å². The van der Waals surface area contributed by atoms with E-state index >= 15 is 0 Å². The lowest BCUT2D eigenvalue weighted by Gasteiger charge is -2.50. The van der Waals surface area contributed by atoms with Gasteiger partial charge in [0.2, 0.25) is 0 Å². The predicted molar refractivity (Wildman–Crippen MR) is 109 cm³/mol. The number of aliphatic carboxylic acids is 1. The summed E-state index contributed by atoms with van der Waals surface area (Å²) in [6.07, 6.45) is -5.41. The average molecular weight is 459 g/mol. The van der Waals surface area contributed by atoms with E-state index in [4.69, 9.17) is 23.5 Å². The fraction of sp³-hybridized carbons (Fsp3) is 0.176. The number of nitrogens with two attached hydrogens (primary N) is 2. The van der Waals surface area contributed by atoms with Crippen LogP contribution in [0.4, 0.5) is 24.5 Å². The molecule has 0 aliphatic rings. The van der Waals surface area contributed by atoms with E-state index in [2.05, 4.69) is 0 Å². The summed E-state index contributed by atoms with van der Waals surface area (Å²) in [6, 6.07) is 15.3. The first-order chi connectivity index (χ1) is 14.1. The number of nitrogens with zero attached hydrogens (tertiary/aromatic N) is 3. The van der Waals surface area contributed by atoms with Gasteiger partial charge in [-0.3, -0.25) is 24.5 Å². The Bertz CT molecular complexity index is 859. The zero-order valence-corrected chi connectivity index (χ0v) is 16.9. The van der Waals surface area contributed by atoms with Gasteiger partial charge in [-0.2, -0.15) is 13.2 Å². The molecule has 2 aromatic carbocycles. The van der Waals surface area contributed by atoms with Gasteiger partial charge < -0.3 is 5.11 Å². The molecule has 2 aromatic rings. The van der Waals surface area contributed by atoms with Crippen molar-refractivity contribution in [3.8, 4) is 0 Å². The van der Waals surface area contributed by atoms with Crippen molar-refractivity contribution < 1.29 is 27.9 Å². The van der Waals surface area contributed by atoms with Crippen molar-refractivity contribution in [2.75, 3.05) is 16.6 Å². The number of hydrogen-bond acceptors (Lipinski definition) is 7. The highest BCUT2D eigenvalue weighted by Crippen LogP contribution is 2.40. The number of para-hydroxylation sites is 2. The van der Waals surface area contributed by atoms with Crippen LogP contribution in [0.1, 0.15) is 0 Å². The smallest absolute Gasteiger partial charge is 0.471 e. The second-order valence-corrected chi connectivity index (χ2v) is 7.22. The summed E-state index contributed by atoms with van der Waals surface area (Å²) in [5, 5.41) is 10.7. The molecular formula is C17H17F3N5O3PS. The van der Waals surface area contributed by atoms with E-state index in [9.17, 15) is 27.9 Å². The molecule has 0 aliphatic carbocycles. The quantitative estimate of drug-likeness (QED) is 0.238. The second-order valence-electron chi connectivity index (χ2n) is 5.89. The van der Waals surface area contributed by atoms with Gasteiger partial charge in [-0.05, 0) is 24.3 Å². The van der Waals surface area contributed by atoms with Crippen LogP contribution in [0.25, 0.3) is 0 Å². The minimum Gasteiger partial charge on any atom is -0.480 e. The van der Waals surface area contributed by atoms with Crippen LogP contribution in [0, 0.1) is 0 Å². The molecule has 0 aliphatic heterocycles. The third-order valence-corrected chi connectivity index (χ3v) is 5.63. The maximum absolute atomic E-state index is 13.4. The molecule has 0 unspecified atom stereocenters. The van der Waals surface area contributed by atoms with Gasteiger partial charge in [-0.25, -0.2) is 11.7 Å². The Morgan fingerprint density at radius 3 is 1.63 bits per heavy atom. The van der Waals surface area contributed by atoms with E-state index in [1.54, 1.807) is 36.4 Å². The third kappa shape index (κ3) is 4.68. The van der Waals surface area contributed by atoms with E-state index in [0.717, 1.165) is 10.0 Å². The van der Waals surface area contributed by atoms with Gasteiger partial charge in [0.15, 0.2) is 0 Å². The van der Waals surface area contributed by atoms with Crippen LogP contribution < -0.4 is 21.7 Å². The number of benzene rings is 2. The highest BCUT2D eigenvalue weighted by atomic mass is 32.4. The van der Waals surface area contributed by atoms with Gasteiger partial charge in [0, 0.05) is 0 Å². The standard InChI is InChI=1S/C17H17F3N5O3PS/c18-16(19,20)15(28)23(11-14(26)27)17(29-30,24(21)12-7-3-1-4-8-12)25(22)13-9-5-2-6-10-13/h1-10H,11,21-22H2,(H,26,27). The Morgan fingerprint density at radius 2 is 1.33 bits per heavy atom. The van der Waals surface area contributed by atoms with Crippen molar-refractivity contribution in [1.82, 2.24) is 4.90 Å². The maximum atomic E-state index is 13.4. The van der Waals surface area contributed by atoms with Gasteiger partial charge in [-0.15, -0.1) is 0 Å². The molecule has 0 spiro atoms. The van der Waals surface area contributed by atoms with Gasteiger partial charge in [-0.1, -0.05) is 48.2 Å². The van der Waals surface area contributed by atoms with Crippen LogP contribution in [0.2, 0.25) is 0 Å². The molecule has 1 amide bonds. The normalized spacial score (nSPS) is 11.8. The van der Waals surface area contributed by atoms with Gasteiger partial charge in [0.25, 0.3) is 5.53 Å². The number of hydrogen-bond donors (Lipinski definition) is 3. The number of carboxylic acids is 1. The molecule has 2 rings (SSSR count). The summed E-state index contributed by atoms with van der Waals surface area (Å²) in [7, 11) is -0.373. The molecule has 13 heteroatoms. The van der Waals surface area contributed by atoms with Crippen molar-refractivity contribution in [2.45, 2.75) is 11.7 Å². The lowest BCUT2D eigenvalue weighted by Crippen LogP contribution is -2.74. The largest absolute Gasteiger partial charge is 0.480 e. The van der Waals surface area contributed by atoms with Gasteiger partial charge in [0.05, 0.1) is 18.7 Å². The van der Waals surface area contributed by atoms with Crippen LogP contribution in [-0.4, -0.2) is 40.1 Å². The van der Waals surface area contributed by atoms with Gasteiger partial charge >= 0.3 is 18.1 Å². The minimum absolute atomic E-state index is 0.00386. The minimum atomic E-state index is -5.41. The zero-order valence-electron chi connectivity index (χ0n) is 15.2. The fourth-order valence-electron chi connectivity index (χ4n) is 2.64. The van der Waals surface area contributed by atoms with Crippen molar-refractivity contribution in [3.63, 3.8) is 0 Å². The summed E-state index contributed by atoms with van der Waals surface area (Å²) < 4.78 is 40.2. The second kappa shape index (κ2) is 9.35. The highest BCUT2D eigenvalue weighted by molar-refractivity contribution is 7.97. The molecule has 0 aromatic heterocycles. The molecule has 0 fully saturated rings. The molecule has 0 atom stereocenters. The molecule has 0 bridgehead atoms. The molecular weight excluding hydrogens is 442 g/mol. The topological polar surface area (TPSA) is 116 Å². The number of halogens is 3. The number of carbonyl (C=O) groups is 2. The Labute approximate surface area is 176 Å². The first-order valence-corrected chi connectivity index (χ1v) is 10.1. The molecule has 160 valence electrons. The lowest BCUT2D eigenvalue weighted by molar-refractivity contribution is -0.190. The predicted octanol–water partition coefficient (Wildman–Crippen LogP) is 2.24. The summed E-state index contributed by atoms with van der Waals surface area (Å²) >= 11 is 5.08. The van der Waals surface area contributed by atoms with Crippen LogP contribution in [-0.2, 0) is 21.4 Å². The van der Waals surface area contributed by atoms with E-state index in [0.29, 0.717) is 0 Å². The third-order valence-electron chi connectivity index (χ3n) is 3.98. The van der Waals surface area contributed by atoms with Crippen molar-refractivity contribution in [1.29, 1.82) is 0 Å². The van der Waals surface area contributed by atoms with Crippen LogP contribution in [0.5, 0.6) is 0 Å². The summed E-state index contributed by atoms with van der Waals surface area (Å²) in [4.78, 5) is 23.7. The Kier molecular flexibility index (Phi) is 7.32. The Balaban J connectivity index is 2.78. The first-order valence-electron chi connectivity index (χ1n) is 8.20. The number of rotatable bonds is 8. The molecule has 5 N–H and O–H groups in total. The van der Waals surface area contributed by atoms with E-state index in [1.165, 1.54) is 24.3 Å². The Morgan fingerprint density at radius 1 is 0.933 bits per heavy atom.